The Morgan fingerprint density at radius 2 is 1.76 bits per heavy atom. The van der Waals surface area contributed by atoms with Gasteiger partial charge < -0.3 is 10.1 Å². The zero-order valence-corrected chi connectivity index (χ0v) is 12.5. The molecule has 21 heavy (non-hydrogen) atoms. The molecule has 0 aliphatic carbocycles. The van der Waals surface area contributed by atoms with Crippen LogP contribution < -0.4 is 10.1 Å². The SMILES string of the molecule is FC(F)(F)Oc1ccc(NCCc2ccccc2)cc1Br. The topological polar surface area (TPSA) is 21.3 Å². The molecule has 0 aromatic heterocycles. The predicted octanol–water partition coefficient (Wildman–Crippen LogP) is 5.00. The van der Waals surface area contributed by atoms with E-state index < -0.39 is 6.36 Å². The third kappa shape index (κ3) is 5.30. The van der Waals surface area contributed by atoms with Crippen molar-refractivity contribution in [3.05, 3.63) is 58.6 Å². The second kappa shape index (κ2) is 6.85. The van der Waals surface area contributed by atoms with E-state index in [1.165, 1.54) is 11.6 Å². The van der Waals surface area contributed by atoms with Crippen molar-refractivity contribution in [2.45, 2.75) is 12.8 Å². The van der Waals surface area contributed by atoms with Crippen LogP contribution in [0.2, 0.25) is 0 Å². The minimum atomic E-state index is -4.69. The Morgan fingerprint density at radius 1 is 1.05 bits per heavy atom. The van der Waals surface area contributed by atoms with Crippen molar-refractivity contribution in [2.24, 2.45) is 0 Å². The van der Waals surface area contributed by atoms with Crippen molar-refractivity contribution in [3.63, 3.8) is 0 Å². The van der Waals surface area contributed by atoms with E-state index in [1.807, 2.05) is 30.3 Å². The van der Waals surface area contributed by atoms with Crippen LogP contribution >= 0.6 is 15.9 Å². The molecule has 0 saturated carbocycles. The minimum Gasteiger partial charge on any atom is -0.405 e. The highest BCUT2D eigenvalue weighted by Crippen LogP contribution is 2.32. The number of halogens is 4. The molecule has 2 rings (SSSR count). The molecule has 6 heteroatoms. The number of hydrogen-bond acceptors (Lipinski definition) is 2. The van der Waals surface area contributed by atoms with E-state index in [-0.39, 0.29) is 10.2 Å². The number of hydrogen-bond donors (Lipinski definition) is 1. The highest BCUT2D eigenvalue weighted by atomic mass is 79.9. The average Bonchev–Trinajstić information content (AvgIpc) is 2.42. The Kier molecular flexibility index (Phi) is 5.12. The number of nitrogens with one attached hydrogen (secondary N) is 1. The van der Waals surface area contributed by atoms with Crippen molar-refractivity contribution in [2.75, 3.05) is 11.9 Å². The van der Waals surface area contributed by atoms with E-state index in [0.717, 1.165) is 12.1 Å². The van der Waals surface area contributed by atoms with Gasteiger partial charge in [0.25, 0.3) is 0 Å². The number of ether oxygens (including phenoxy) is 1. The second-order valence-electron chi connectivity index (χ2n) is 4.36. The summed E-state index contributed by atoms with van der Waals surface area (Å²) in [6.45, 7) is 0.690. The van der Waals surface area contributed by atoms with Crippen molar-refractivity contribution in [1.29, 1.82) is 0 Å². The Labute approximate surface area is 129 Å². The van der Waals surface area contributed by atoms with Gasteiger partial charge in [-0.1, -0.05) is 30.3 Å². The molecule has 2 aromatic carbocycles. The molecule has 2 nitrogen and oxygen atoms in total. The van der Waals surface area contributed by atoms with Crippen LogP contribution in [0.15, 0.2) is 53.0 Å². The van der Waals surface area contributed by atoms with Crippen LogP contribution in [-0.2, 0) is 6.42 Å². The first-order valence-corrected chi connectivity index (χ1v) is 7.06. The normalized spacial score (nSPS) is 11.2. The summed E-state index contributed by atoms with van der Waals surface area (Å²) in [6, 6.07) is 14.3. The zero-order valence-electron chi connectivity index (χ0n) is 11.0. The van der Waals surface area contributed by atoms with E-state index in [2.05, 4.69) is 26.0 Å². The summed E-state index contributed by atoms with van der Waals surface area (Å²) in [5.74, 6) is -0.254. The molecule has 0 radical (unpaired) electrons. The van der Waals surface area contributed by atoms with E-state index in [4.69, 9.17) is 0 Å². The summed E-state index contributed by atoms with van der Waals surface area (Å²) in [4.78, 5) is 0. The Morgan fingerprint density at radius 3 is 2.38 bits per heavy atom. The molecular weight excluding hydrogens is 347 g/mol. The first-order valence-electron chi connectivity index (χ1n) is 6.27. The molecule has 0 fully saturated rings. The van der Waals surface area contributed by atoms with Gasteiger partial charge in [-0.2, -0.15) is 0 Å². The number of benzene rings is 2. The third-order valence-corrected chi connectivity index (χ3v) is 3.36. The second-order valence-corrected chi connectivity index (χ2v) is 5.21. The first-order chi connectivity index (χ1) is 9.94. The van der Waals surface area contributed by atoms with Gasteiger partial charge in [-0.3, -0.25) is 0 Å². The molecule has 0 unspecified atom stereocenters. The first kappa shape index (κ1) is 15.7. The maximum absolute atomic E-state index is 12.2. The smallest absolute Gasteiger partial charge is 0.405 e. The standard InChI is InChI=1S/C15H13BrF3NO/c16-13-10-12(6-7-14(13)21-15(17,18)19)20-9-8-11-4-2-1-3-5-11/h1-7,10,20H,8-9H2. The van der Waals surface area contributed by atoms with Gasteiger partial charge in [0.1, 0.15) is 5.75 Å². The van der Waals surface area contributed by atoms with Crippen molar-refractivity contribution in [3.8, 4) is 5.75 Å². The molecule has 0 amide bonds. The summed E-state index contributed by atoms with van der Waals surface area (Å²) >= 11 is 3.07. The van der Waals surface area contributed by atoms with Gasteiger partial charge in [-0.25, -0.2) is 0 Å². The summed E-state index contributed by atoms with van der Waals surface area (Å²) in [7, 11) is 0. The fourth-order valence-corrected chi connectivity index (χ4v) is 2.27. The van der Waals surface area contributed by atoms with Gasteiger partial charge in [0.2, 0.25) is 0 Å². The minimum absolute atomic E-state index is 0.254. The largest absolute Gasteiger partial charge is 0.573 e. The van der Waals surface area contributed by atoms with Gasteiger partial charge in [-0.15, -0.1) is 13.2 Å². The molecule has 0 spiro atoms. The zero-order chi connectivity index (χ0) is 15.3. The number of anilines is 1. The maximum Gasteiger partial charge on any atom is 0.573 e. The molecule has 0 saturated heterocycles. The molecule has 112 valence electrons. The van der Waals surface area contributed by atoms with Gasteiger partial charge in [-0.05, 0) is 46.1 Å². The summed E-state index contributed by atoms with van der Waals surface area (Å²) in [6.07, 6.45) is -3.86. The molecule has 2 aromatic rings. The molecular formula is C15H13BrF3NO. The van der Waals surface area contributed by atoms with Crippen molar-refractivity contribution >= 4 is 21.6 Å². The lowest BCUT2D eigenvalue weighted by Crippen LogP contribution is -2.17. The van der Waals surface area contributed by atoms with Crippen LogP contribution in [0.1, 0.15) is 5.56 Å². The molecule has 0 aliphatic rings. The van der Waals surface area contributed by atoms with Crippen LogP contribution in [0.4, 0.5) is 18.9 Å². The summed E-state index contributed by atoms with van der Waals surface area (Å²) < 4.78 is 40.6. The fraction of sp³-hybridized carbons (Fsp3) is 0.200. The highest BCUT2D eigenvalue weighted by Gasteiger charge is 2.31. The quantitative estimate of drug-likeness (QED) is 0.810. The van der Waals surface area contributed by atoms with Gasteiger partial charge in [0, 0.05) is 12.2 Å². The fourth-order valence-electron chi connectivity index (χ4n) is 1.81. The van der Waals surface area contributed by atoms with Gasteiger partial charge in [0.05, 0.1) is 4.47 Å². The lowest BCUT2D eigenvalue weighted by Gasteiger charge is -2.12. The van der Waals surface area contributed by atoms with E-state index in [0.29, 0.717) is 6.54 Å². The van der Waals surface area contributed by atoms with E-state index >= 15 is 0 Å². The molecule has 0 heterocycles. The van der Waals surface area contributed by atoms with Gasteiger partial charge >= 0.3 is 6.36 Å². The predicted molar refractivity (Wildman–Crippen MR) is 79.5 cm³/mol. The van der Waals surface area contributed by atoms with Crippen LogP contribution in [0.25, 0.3) is 0 Å². The van der Waals surface area contributed by atoms with Crippen molar-refractivity contribution in [1.82, 2.24) is 0 Å². The highest BCUT2D eigenvalue weighted by molar-refractivity contribution is 9.10. The molecule has 1 N–H and O–H groups in total. The monoisotopic (exact) mass is 359 g/mol. The average molecular weight is 360 g/mol. The third-order valence-electron chi connectivity index (χ3n) is 2.74. The number of rotatable bonds is 5. The molecule has 0 aliphatic heterocycles. The lowest BCUT2D eigenvalue weighted by atomic mass is 10.1. The molecule has 0 atom stereocenters. The van der Waals surface area contributed by atoms with Crippen LogP contribution in [-0.4, -0.2) is 12.9 Å². The summed E-state index contributed by atoms with van der Waals surface area (Å²) in [5, 5.41) is 3.16. The van der Waals surface area contributed by atoms with Gasteiger partial charge in [0.15, 0.2) is 0 Å². The maximum atomic E-state index is 12.2. The van der Waals surface area contributed by atoms with Crippen LogP contribution in [0, 0.1) is 0 Å². The van der Waals surface area contributed by atoms with Crippen LogP contribution in [0.3, 0.4) is 0 Å². The summed E-state index contributed by atoms with van der Waals surface area (Å²) in [5.41, 5.74) is 1.92. The lowest BCUT2D eigenvalue weighted by molar-refractivity contribution is -0.274. The Bertz CT molecular complexity index is 587. The Hall–Kier alpha value is -1.69. The Balaban J connectivity index is 1.91. The number of alkyl halides is 3. The van der Waals surface area contributed by atoms with Crippen LogP contribution in [0.5, 0.6) is 5.75 Å². The van der Waals surface area contributed by atoms with E-state index in [9.17, 15) is 13.2 Å². The van der Waals surface area contributed by atoms with E-state index in [1.54, 1.807) is 12.1 Å². The molecule has 0 bridgehead atoms. The van der Waals surface area contributed by atoms with Crippen molar-refractivity contribution < 1.29 is 17.9 Å².